The molecule has 2 saturated heterocycles. The Morgan fingerprint density at radius 3 is 1.66 bits per heavy atom. The van der Waals surface area contributed by atoms with Crippen molar-refractivity contribution in [3.63, 3.8) is 0 Å². The molecule has 17 heteroatoms. The standard InChI is InChI=1S/C27H26O17/c28-11-5-10(41-27-21(35)17(31)19(33)23(44-27)25(38)39)6-14-15(11)12(29)7-13(42-14)8-1-3-9(4-2-8)40-26-20(34)16(30)18(32)22(43-26)24(36)37/h1-7,16-23,26-28,30-35H,(H,36,37)(H,38,39)/t16-,17-,18-,19-,20+,21+,22-,23-,26+,27+/m0/s1. The molecule has 17 nitrogen and oxygen atoms in total. The number of aliphatic hydroxyl groups excluding tert-OH is 6. The molecule has 10 atom stereocenters. The van der Waals surface area contributed by atoms with Crippen molar-refractivity contribution >= 4 is 22.9 Å². The maximum absolute atomic E-state index is 12.8. The summed E-state index contributed by atoms with van der Waals surface area (Å²) < 4.78 is 26.8. The van der Waals surface area contributed by atoms with Crippen LogP contribution in [0.2, 0.25) is 0 Å². The molecule has 5 rings (SSSR count). The zero-order valence-electron chi connectivity index (χ0n) is 22.1. The second-order valence-corrected chi connectivity index (χ2v) is 10.0. The third-order valence-corrected chi connectivity index (χ3v) is 7.05. The number of carboxylic acid groups (broad SMARTS) is 2. The molecular formula is C27H26O17. The minimum atomic E-state index is -1.95. The van der Waals surface area contributed by atoms with E-state index in [1.807, 2.05) is 0 Å². The van der Waals surface area contributed by atoms with Crippen LogP contribution in [0.5, 0.6) is 17.2 Å². The molecule has 1 aromatic heterocycles. The van der Waals surface area contributed by atoms with Gasteiger partial charge in [0.15, 0.2) is 17.6 Å². The van der Waals surface area contributed by atoms with Crippen LogP contribution in [-0.2, 0) is 19.1 Å². The predicted octanol–water partition coefficient (Wildman–Crippen LogP) is -2.29. The van der Waals surface area contributed by atoms with Gasteiger partial charge in [0.25, 0.3) is 0 Å². The molecular weight excluding hydrogens is 596 g/mol. The molecule has 0 bridgehead atoms. The second kappa shape index (κ2) is 12.0. The lowest BCUT2D eigenvalue weighted by molar-refractivity contribution is -0.271. The van der Waals surface area contributed by atoms with Gasteiger partial charge in [-0.15, -0.1) is 0 Å². The van der Waals surface area contributed by atoms with Crippen LogP contribution in [-0.4, -0.2) is 119 Å². The fourth-order valence-corrected chi connectivity index (χ4v) is 4.72. The molecule has 2 aromatic carbocycles. The number of ether oxygens (including phenoxy) is 4. The van der Waals surface area contributed by atoms with Crippen LogP contribution in [0.4, 0.5) is 0 Å². The molecule has 0 amide bonds. The van der Waals surface area contributed by atoms with E-state index in [2.05, 4.69) is 0 Å². The molecule has 0 saturated carbocycles. The van der Waals surface area contributed by atoms with E-state index in [4.69, 9.17) is 23.4 Å². The second-order valence-electron chi connectivity index (χ2n) is 10.0. The van der Waals surface area contributed by atoms with Gasteiger partial charge in [0.2, 0.25) is 12.6 Å². The number of aromatic hydroxyl groups is 1. The summed E-state index contributed by atoms with van der Waals surface area (Å²) in [5, 5.41) is 88.7. The first kappa shape index (κ1) is 31.1. The van der Waals surface area contributed by atoms with Crippen molar-refractivity contribution in [2.45, 2.75) is 61.4 Å². The first-order valence-corrected chi connectivity index (χ1v) is 12.9. The molecule has 2 fully saturated rings. The third-order valence-electron chi connectivity index (χ3n) is 7.05. The van der Waals surface area contributed by atoms with Crippen LogP contribution < -0.4 is 14.9 Å². The molecule has 2 aliphatic heterocycles. The highest BCUT2D eigenvalue weighted by atomic mass is 16.7. The summed E-state index contributed by atoms with van der Waals surface area (Å²) in [6.07, 6.45) is -18.6. The average Bonchev–Trinajstić information content (AvgIpc) is 2.97. The zero-order chi connectivity index (χ0) is 32.0. The SMILES string of the molecule is O=C(O)[C@H]1O[C@@H](Oc2ccc(-c3cc(=O)c4c(O)cc(O[C@@H]5O[C@H](C(=O)O)[C@@H](O)[C@H](O)[C@H]5O)cc4o3)cc2)[C@H](O)[C@@H](O)[C@@H]1O. The fraction of sp³-hybridized carbons (Fsp3) is 0.370. The van der Waals surface area contributed by atoms with E-state index < -0.39 is 84.5 Å². The fourth-order valence-electron chi connectivity index (χ4n) is 4.72. The Labute approximate surface area is 244 Å². The Balaban J connectivity index is 1.38. The molecule has 3 heterocycles. The number of carboxylic acids is 2. The summed E-state index contributed by atoms with van der Waals surface area (Å²) in [7, 11) is 0. The highest BCUT2D eigenvalue weighted by molar-refractivity contribution is 5.86. The normalized spacial score (nSPS) is 32.2. The van der Waals surface area contributed by atoms with Gasteiger partial charge in [0.05, 0.1) is 0 Å². The summed E-state index contributed by atoms with van der Waals surface area (Å²) in [6.45, 7) is 0. The molecule has 0 radical (unpaired) electrons. The largest absolute Gasteiger partial charge is 0.507 e. The molecule has 0 spiro atoms. The van der Waals surface area contributed by atoms with Crippen LogP contribution in [0.1, 0.15) is 0 Å². The summed E-state index contributed by atoms with van der Waals surface area (Å²) in [5.74, 6) is -4.04. The van der Waals surface area contributed by atoms with Gasteiger partial charge >= 0.3 is 11.9 Å². The maximum Gasteiger partial charge on any atom is 0.335 e. The molecule has 236 valence electrons. The van der Waals surface area contributed by atoms with Gasteiger partial charge in [-0.25, -0.2) is 9.59 Å². The molecule has 0 aliphatic carbocycles. The third kappa shape index (κ3) is 5.77. The number of hydrogen-bond donors (Lipinski definition) is 9. The van der Waals surface area contributed by atoms with Gasteiger partial charge in [0.1, 0.15) is 70.6 Å². The van der Waals surface area contributed by atoms with Crippen molar-refractivity contribution in [1.29, 1.82) is 0 Å². The number of carbonyl (C=O) groups is 2. The number of phenolic OH excluding ortho intramolecular Hbond substituents is 1. The number of aliphatic hydroxyl groups is 6. The van der Waals surface area contributed by atoms with Gasteiger partial charge < -0.3 is 69.3 Å². The number of hydrogen-bond acceptors (Lipinski definition) is 15. The van der Waals surface area contributed by atoms with E-state index in [-0.39, 0.29) is 28.2 Å². The minimum absolute atomic E-state index is 0.0116. The Hall–Kier alpha value is -4.33. The Morgan fingerprint density at radius 2 is 1.16 bits per heavy atom. The molecule has 3 aromatic rings. The van der Waals surface area contributed by atoms with Crippen LogP contribution in [0, 0.1) is 0 Å². The van der Waals surface area contributed by atoms with Gasteiger partial charge in [-0.1, -0.05) is 0 Å². The van der Waals surface area contributed by atoms with E-state index >= 15 is 0 Å². The topological polar surface area (TPSA) is 283 Å². The van der Waals surface area contributed by atoms with Crippen molar-refractivity contribution in [3.05, 3.63) is 52.7 Å². The van der Waals surface area contributed by atoms with Crippen molar-refractivity contribution < 1.29 is 78.9 Å². The van der Waals surface area contributed by atoms with E-state index in [1.165, 1.54) is 24.3 Å². The van der Waals surface area contributed by atoms with Crippen LogP contribution in [0.15, 0.2) is 51.7 Å². The lowest BCUT2D eigenvalue weighted by Gasteiger charge is -2.38. The van der Waals surface area contributed by atoms with E-state index in [1.54, 1.807) is 0 Å². The lowest BCUT2D eigenvalue weighted by Crippen LogP contribution is -2.61. The highest BCUT2D eigenvalue weighted by Crippen LogP contribution is 2.34. The predicted molar refractivity (Wildman–Crippen MR) is 139 cm³/mol. The average molecular weight is 622 g/mol. The number of benzene rings is 2. The Kier molecular flexibility index (Phi) is 8.47. The first-order chi connectivity index (χ1) is 20.8. The van der Waals surface area contributed by atoms with Crippen LogP contribution in [0.25, 0.3) is 22.3 Å². The summed E-state index contributed by atoms with van der Waals surface area (Å²) in [5.41, 5.74) is -0.567. The van der Waals surface area contributed by atoms with Crippen molar-refractivity contribution in [2.24, 2.45) is 0 Å². The smallest absolute Gasteiger partial charge is 0.335 e. The lowest BCUT2D eigenvalue weighted by atomic mass is 9.99. The van der Waals surface area contributed by atoms with Gasteiger partial charge in [0, 0.05) is 23.8 Å². The number of rotatable bonds is 7. The van der Waals surface area contributed by atoms with Crippen molar-refractivity contribution in [1.82, 2.24) is 0 Å². The number of phenols is 1. The Bertz CT molecular complexity index is 1600. The molecule has 2 aliphatic rings. The van der Waals surface area contributed by atoms with Gasteiger partial charge in [-0.2, -0.15) is 0 Å². The minimum Gasteiger partial charge on any atom is -0.507 e. The molecule has 44 heavy (non-hydrogen) atoms. The van der Waals surface area contributed by atoms with Gasteiger partial charge in [-0.05, 0) is 24.3 Å². The zero-order valence-corrected chi connectivity index (χ0v) is 22.1. The van der Waals surface area contributed by atoms with E-state index in [0.717, 1.165) is 18.2 Å². The number of aliphatic carboxylic acids is 2. The first-order valence-electron chi connectivity index (χ1n) is 12.9. The highest BCUT2D eigenvalue weighted by Gasteiger charge is 2.49. The van der Waals surface area contributed by atoms with E-state index in [9.17, 15) is 60.3 Å². The van der Waals surface area contributed by atoms with Crippen molar-refractivity contribution in [3.8, 4) is 28.6 Å². The van der Waals surface area contributed by atoms with Gasteiger partial charge in [-0.3, -0.25) is 4.79 Å². The molecule has 0 unspecified atom stereocenters. The summed E-state index contributed by atoms with van der Waals surface area (Å²) in [4.78, 5) is 35.5. The van der Waals surface area contributed by atoms with E-state index in [0.29, 0.717) is 5.56 Å². The van der Waals surface area contributed by atoms with Crippen LogP contribution >= 0.6 is 0 Å². The van der Waals surface area contributed by atoms with Crippen LogP contribution in [0.3, 0.4) is 0 Å². The monoisotopic (exact) mass is 622 g/mol. The maximum atomic E-state index is 12.8. The van der Waals surface area contributed by atoms with Crippen molar-refractivity contribution in [2.75, 3.05) is 0 Å². The number of fused-ring (bicyclic) bond motifs is 1. The summed E-state index contributed by atoms with van der Waals surface area (Å²) >= 11 is 0. The molecule has 9 N–H and O–H groups in total. The Morgan fingerprint density at radius 1 is 0.659 bits per heavy atom. The summed E-state index contributed by atoms with van der Waals surface area (Å²) in [6, 6.07) is 8.72. The quantitative estimate of drug-likeness (QED) is 0.134.